The van der Waals surface area contributed by atoms with Crippen molar-refractivity contribution in [1.82, 2.24) is 9.88 Å². The third-order valence-corrected chi connectivity index (χ3v) is 3.01. The van der Waals surface area contributed by atoms with Gasteiger partial charge >= 0.3 is 6.09 Å². The number of carbonyl (C=O) groups excluding carboxylic acids is 1. The van der Waals surface area contributed by atoms with Crippen LogP contribution in [0.1, 0.15) is 34.6 Å². The molecule has 124 valence electrons. The van der Waals surface area contributed by atoms with Crippen LogP contribution in [0.2, 0.25) is 0 Å². The molecule has 1 aromatic rings. The highest BCUT2D eigenvalue weighted by Crippen LogP contribution is 2.17. The summed E-state index contributed by atoms with van der Waals surface area (Å²) in [6.45, 7) is 12.1. The minimum atomic E-state index is -0.485. The highest BCUT2D eigenvalue weighted by Gasteiger charge is 2.25. The third-order valence-electron chi connectivity index (χ3n) is 3.01. The SMILES string of the molecule is CC.CC(C)(C)OC(=O)N1CCN(c2ccc(F)nc2)CC1. The van der Waals surface area contributed by atoms with E-state index in [1.807, 2.05) is 34.6 Å². The van der Waals surface area contributed by atoms with Gasteiger partial charge in [-0.2, -0.15) is 4.39 Å². The standard InChI is InChI=1S/C14H20FN3O2.C2H6/c1-14(2,3)20-13(19)18-8-6-17(7-9-18)11-4-5-12(15)16-10-11;1-2/h4-5,10H,6-9H2,1-3H3;1-2H3. The second-order valence-electron chi connectivity index (χ2n) is 5.79. The van der Waals surface area contributed by atoms with Crippen molar-refractivity contribution in [2.75, 3.05) is 31.1 Å². The second-order valence-corrected chi connectivity index (χ2v) is 5.79. The Hall–Kier alpha value is -1.85. The fourth-order valence-electron chi connectivity index (χ4n) is 2.03. The maximum atomic E-state index is 12.8. The van der Waals surface area contributed by atoms with Gasteiger partial charge in [-0.3, -0.25) is 0 Å². The van der Waals surface area contributed by atoms with Crippen LogP contribution in [-0.4, -0.2) is 47.8 Å². The molecule has 0 unspecified atom stereocenters. The number of hydrogen-bond donors (Lipinski definition) is 0. The molecule has 0 atom stereocenters. The molecule has 2 heterocycles. The van der Waals surface area contributed by atoms with Gasteiger partial charge in [0.1, 0.15) is 5.60 Å². The molecular formula is C16H26FN3O2. The minimum absolute atomic E-state index is 0.283. The van der Waals surface area contributed by atoms with Crippen LogP contribution in [0.5, 0.6) is 0 Å². The number of piperazine rings is 1. The average molecular weight is 311 g/mol. The lowest BCUT2D eigenvalue weighted by molar-refractivity contribution is 0.0240. The van der Waals surface area contributed by atoms with Gasteiger partial charge in [-0.15, -0.1) is 0 Å². The van der Waals surface area contributed by atoms with Gasteiger partial charge < -0.3 is 14.5 Å². The first-order chi connectivity index (χ1) is 10.3. The fraction of sp³-hybridized carbons (Fsp3) is 0.625. The first kappa shape index (κ1) is 18.2. The van der Waals surface area contributed by atoms with E-state index in [1.165, 1.54) is 12.3 Å². The monoisotopic (exact) mass is 311 g/mol. The van der Waals surface area contributed by atoms with Crippen LogP contribution >= 0.6 is 0 Å². The molecule has 1 fully saturated rings. The highest BCUT2D eigenvalue weighted by molar-refractivity contribution is 5.68. The zero-order valence-corrected chi connectivity index (χ0v) is 14.1. The predicted octanol–water partition coefficient (Wildman–Crippen LogP) is 3.30. The molecule has 22 heavy (non-hydrogen) atoms. The van der Waals surface area contributed by atoms with Crippen LogP contribution in [0.15, 0.2) is 18.3 Å². The molecule has 6 heteroatoms. The van der Waals surface area contributed by atoms with Crippen LogP contribution in [0.3, 0.4) is 0 Å². The Bertz CT molecular complexity index is 463. The molecule has 0 saturated carbocycles. The highest BCUT2D eigenvalue weighted by atomic mass is 19.1. The van der Waals surface area contributed by atoms with E-state index in [0.29, 0.717) is 26.2 Å². The molecular weight excluding hydrogens is 285 g/mol. The molecule has 2 rings (SSSR count). The molecule has 1 aliphatic heterocycles. The number of carbonyl (C=O) groups is 1. The Balaban J connectivity index is 0.00000116. The van der Waals surface area contributed by atoms with Crippen molar-refractivity contribution in [3.8, 4) is 0 Å². The average Bonchev–Trinajstić information content (AvgIpc) is 2.48. The number of pyridine rings is 1. The van der Waals surface area contributed by atoms with E-state index in [-0.39, 0.29) is 6.09 Å². The normalized spacial score (nSPS) is 15.0. The first-order valence-electron chi connectivity index (χ1n) is 7.69. The van der Waals surface area contributed by atoms with E-state index in [2.05, 4.69) is 9.88 Å². The van der Waals surface area contributed by atoms with E-state index < -0.39 is 11.5 Å². The van der Waals surface area contributed by atoms with Crippen LogP contribution < -0.4 is 4.90 Å². The van der Waals surface area contributed by atoms with E-state index in [9.17, 15) is 9.18 Å². The number of aromatic nitrogens is 1. The number of amides is 1. The van der Waals surface area contributed by atoms with Gasteiger partial charge in [-0.1, -0.05) is 13.8 Å². The summed E-state index contributed by atoms with van der Waals surface area (Å²) in [5, 5.41) is 0. The van der Waals surface area contributed by atoms with Crippen molar-refractivity contribution in [1.29, 1.82) is 0 Å². The number of hydrogen-bond acceptors (Lipinski definition) is 4. The smallest absolute Gasteiger partial charge is 0.410 e. The van der Waals surface area contributed by atoms with E-state index in [4.69, 9.17) is 4.74 Å². The van der Waals surface area contributed by atoms with Gasteiger partial charge in [0.15, 0.2) is 0 Å². The lowest BCUT2D eigenvalue weighted by Gasteiger charge is -2.36. The van der Waals surface area contributed by atoms with Gasteiger partial charge in [-0.05, 0) is 32.9 Å². The Morgan fingerprint density at radius 1 is 1.18 bits per heavy atom. The summed E-state index contributed by atoms with van der Waals surface area (Å²) < 4.78 is 18.1. The molecule has 0 radical (unpaired) electrons. The van der Waals surface area contributed by atoms with Gasteiger partial charge in [0, 0.05) is 26.2 Å². The van der Waals surface area contributed by atoms with Gasteiger partial charge in [0.25, 0.3) is 0 Å². The number of halogens is 1. The quantitative estimate of drug-likeness (QED) is 0.747. The topological polar surface area (TPSA) is 45.7 Å². The largest absolute Gasteiger partial charge is 0.444 e. The Labute approximate surface area is 132 Å². The van der Waals surface area contributed by atoms with Crippen LogP contribution in [0, 0.1) is 5.95 Å². The summed E-state index contributed by atoms with van der Waals surface area (Å²) >= 11 is 0. The lowest BCUT2D eigenvalue weighted by Crippen LogP contribution is -2.50. The maximum Gasteiger partial charge on any atom is 0.410 e. The minimum Gasteiger partial charge on any atom is -0.444 e. The van der Waals surface area contributed by atoms with Crippen LogP contribution in [0.4, 0.5) is 14.9 Å². The summed E-state index contributed by atoms with van der Waals surface area (Å²) in [5.74, 6) is -0.485. The van der Waals surface area contributed by atoms with Crippen molar-refractivity contribution in [2.45, 2.75) is 40.2 Å². The second kappa shape index (κ2) is 7.96. The van der Waals surface area contributed by atoms with Gasteiger partial charge in [0.05, 0.1) is 11.9 Å². The molecule has 1 saturated heterocycles. The summed E-state index contributed by atoms with van der Waals surface area (Å²) in [6.07, 6.45) is 1.23. The molecule has 5 nitrogen and oxygen atoms in total. The lowest BCUT2D eigenvalue weighted by atomic mass is 10.2. The van der Waals surface area contributed by atoms with Crippen molar-refractivity contribution in [3.63, 3.8) is 0 Å². The van der Waals surface area contributed by atoms with E-state index in [1.54, 1.807) is 11.0 Å². The van der Waals surface area contributed by atoms with Crippen molar-refractivity contribution in [2.24, 2.45) is 0 Å². The summed E-state index contributed by atoms with van der Waals surface area (Å²) in [7, 11) is 0. The summed E-state index contributed by atoms with van der Waals surface area (Å²) in [6, 6.07) is 3.04. The zero-order valence-electron chi connectivity index (χ0n) is 14.1. The summed E-state index contributed by atoms with van der Waals surface area (Å²) in [5.41, 5.74) is 0.394. The molecule has 0 N–H and O–H groups in total. The molecule has 0 aliphatic carbocycles. The molecule has 1 aromatic heterocycles. The van der Waals surface area contributed by atoms with Gasteiger partial charge in [0.2, 0.25) is 5.95 Å². The van der Waals surface area contributed by atoms with Gasteiger partial charge in [-0.25, -0.2) is 9.78 Å². The maximum absolute atomic E-state index is 12.8. The number of nitrogens with zero attached hydrogens (tertiary/aromatic N) is 3. The van der Waals surface area contributed by atoms with E-state index in [0.717, 1.165) is 5.69 Å². The number of rotatable bonds is 1. The predicted molar refractivity (Wildman–Crippen MR) is 85.6 cm³/mol. The van der Waals surface area contributed by atoms with E-state index >= 15 is 0 Å². The molecule has 0 bridgehead atoms. The van der Waals surface area contributed by atoms with Crippen molar-refractivity contribution in [3.05, 3.63) is 24.3 Å². The molecule has 0 spiro atoms. The third kappa shape index (κ3) is 5.50. The Morgan fingerprint density at radius 2 is 1.77 bits per heavy atom. The molecule has 1 amide bonds. The number of ether oxygens (including phenoxy) is 1. The zero-order chi connectivity index (χ0) is 16.8. The Morgan fingerprint density at radius 3 is 2.23 bits per heavy atom. The van der Waals surface area contributed by atoms with Crippen molar-refractivity contribution >= 4 is 11.8 Å². The first-order valence-corrected chi connectivity index (χ1v) is 7.69. The molecule has 1 aliphatic rings. The van der Waals surface area contributed by atoms with Crippen LogP contribution in [0.25, 0.3) is 0 Å². The fourth-order valence-corrected chi connectivity index (χ4v) is 2.03. The Kier molecular flexibility index (Phi) is 6.59. The number of anilines is 1. The molecule has 0 aromatic carbocycles. The summed E-state index contributed by atoms with van der Waals surface area (Å²) in [4.78, 5) is 19.3. The van der Waals surface area contributed by atoms with Crippen molar-refractivity contribution < 1.29 is 13.9 Å². The van der Waals surface area contributed by atoms with Crippen LogP contribution in [-0.2, 0) is 4.74 Å².